The summed E-state index contributed by atoms with van der Waals surface area (Å²) < 4.78 is 10.6. The first kappa shape index (κ1) is 17.4. The molecule has 0 aliphatic rings. The van der Waals surface area contributed by atoms with Crippen molar-refractivity contribution in [2.24, 2.45) is 0 Å². The molecule has 0 aromatic rings. The summed E-state index contributed by atoms with van der Waals surface area (Å²) in [4.78, 5) is 11.8. The van der Waals surface area contributed by atoms with Gasteiger partial charge in [-0.15, -0.1) is 0 Å². The highest BCUT2D eigenvalue weighted by Gasteiger charge is 2.34. The van der Waals surface area contributed by atoms with Crippen molar-refractivity contribution in [3.63, 3.8) is 0 Å². The second kappa shape index (κ2) is 8.48. The third kappa shape index (κ3) is 6.36. The van der Waals surface area contributed by atoms with Gasteiger partial charge < -0.3 is 9.47 Å². The highest BCUT2D eigenvalue weighted by atomic mass is 16.5. The van der Waals surface area contributed by atoms with Gasteiger partial charge in [0.15, 0.2) is 0 Å². The summed E-state index contributed by atoms with van der Waals surface area (Å²) in [6, 6.07) is 0.224. The van der Waals surface area contributed by atoms with Gasteiger partial charge in [0.1, 0.15) is 5.54 Å². The number of hydrogen-bond acceptors (Lipinski definition) is 4. The molecule has 4 nitrogen and oxygen atoms in total. The Morgan fingerprint density at radius 2 is 1.94 bits per heavy atom. The molecule has 0 fully saturated rings. The number of hydrogen-bond donors (Lipinski definition) is 1. The lowest BCUT2D eigenvalue weighted by Crippen LogP contribution is -2.53. The lowest BCUT2D eigenvalue weighted by atomic mass is 9.97. The Kier molecular flexibility index (Phi) is 8.20. The molecule has 0 bridgehead atoms. The number of ether oxygens (including phenoxy) is 2. The summed E-state index contributed by atoms with van der Waals surface area (Å²) in [6.07, 6.45) is 3.02. The van der Waals surface area contributed by atoms with E-state index >= 15 is 0 Å². The van der Waals surface area contributed by atoms with E-state index in [0.717, 1.165) is 12.8 Å². The molecule has 0 spiro atoms. The molecule has 0 aliphatic carbocycles. The standard InChI is InChI=1S/C14H29NO3/c1-7-8-12(4)18-10-9-14(5,13(16)17-6)15-11(2)3/h11-12,15H,7-10H2,1-6H3. The predicted octanol–water partition coefficient (Wildman–Crippen LogP) is 2.51. The lowest BCUT2D eigenvalue weighted by molar-refractivity contribution is -0.149. The molecule has 4 heteroatoms. The summed E-state index contributed by atoms with van der Waals surface area (Å²) in [5.74, 6) is -0.233. The van der Waals surface area contributed by atoms with Gasteiger partial charge in [-0.25, -0.2) is 0 Å². The first-order chi connectivity index (χ1) is 8.35. The zero-order valence-electron chi connectivity index (χ0n) is 12.7. The Bertz CT molecular complexity index is 243. The van der Waals surface area contributed by atoms with Crippen LogP contribution >= 0.6 is 0 Å². The smallest absolute Gasteiger partial charge is 0.325 e. The third-order valence-corrected chi connectivity index (χ3v) is 2.94. The second-order valence-electron chi connectivity index (χ2n) is 5.34. The Morgan fingerprint density at radius 3 is 2.39 bits per heavy atom. The molecule has 0 radical (unpaired) electrons. The number of nitrogens with one attached hydrogen (secondary N) is 1. The molecular formula is C14H29NO3. The molecule has 18 heavy (non-hydrogen) atoms. The fourth-order valence-corrected chi connectivity index (χ4v) is 2.05. The first-order valence-electron chi connectivity index (χ1n) is 6.83. The van der Waals surface area contributed by atoms with Crippen molar-refractivity contribution in [3.8, 4) is 0 Å². The fraction of sp³-hybridized carbons (Fsp3) is 0.929. The van der Waals surface area contributed by atoms with Crippen LogP contribution in [0.3, 0.4) is 0 Å². The van der Waals surface area contributed by atoms with Gasteiger partial charge in [0.05, 0.1) is 13.2 Å². The highest BCUT2D eigenvalue weighted by Crippen LogP contribution is 2.14. The minimum absolute atomic E-state index is 0.224. The first-order valence-corrected chi connectivity index (χ1v) is 6.83. The van der Waals surface area contributed by atoms with Crippen molar-refractivity contribution < 1.29 is 14.3 Å². The van der Waals surface area contributed by atoms with E-state index < -0.39 is 5.54 Å². The third-order valence-electron chi connectivity index (χ3n) is 2.94. The molecule has 0 saturated heterocycles. The molecule has 0 rings (SSSR count). The summed E-state index contributed by atoms with van der Waals surface area (Å²) in [7, 11) is 1.42. The molecule has 0 aromatic carbocycles. The molecule has 0 amide bonds. The maximum atomic E-state index is 11.8. The van der Waals surface area contributed by atoms with E-state index in [4.69, 9.17) is 9.47 Å². The van der Waals surface area contributed by atoms with E-state index in [2.05, 4.69) is 19.2 Å². The molecule has 0 heterocycles. The van der Waals surface area contributed by atoms with Crippen molar-refractivity contribution >= 4 is 5.97 Å². The van der Waals surface area contributed by atoms with Crippen LogP contribution in [0.15, 0.2) is 0 Å². The zero-order valence-corrected chi connectivity index (χ0v) is 12.7. The molecule has 2 atom stereocenters. The van der Waals surface area contributed by atoms with Gasteiger partial charge in [-0.2, -0.15) is 0 Å². The molecular weight excluding hydrogens is 230 g/mol. The van der Waals surface area contributed by atoms with E-state index in [1.807, 2.05) is 20.8 Å². The Balaban J connectivity index is 4.29. The fourth-order valence-electron chi connectivity index (χ4n) is 2.05. The van der Waals surface area contributed by atoms with Gasteiger partial charge in [-0.1, -0.05) is 13.3 Å². The summed E-state index contributed by atoms with van der Waals surface area (Å²) in [6.45, 7) is 10.7. The Morgan fingerprint density at radius 1 is 1.33 bits per heavy atom. The quantitative estimate of drug-likeness (QED) is 0.646. The van der Waals surface area contributed by atoms with E-state index in [1.54, 1.807) is 0 Å². The van der Waals surface area contributed by atoms with Gasteiger partial charge in [0, 0.05) is 12.6 Å². The number of carbonyl (C=O) groups is 1. The minimum Gasteiger partial charge on any atom is -0.468 e. The Labute approximate surface area is 111 Å². The normalized spacial score (nSPS) is 16.4. The van der Waals surface area contributed by atoms with E-state index in [9.17, 15) is 4.79 Å². The van der Waals surface area contributed by atoms with Gasteiger partial charge >= 0.3 is 5.97 Å². The van der Waals surface area contributed by atoms with Crippen molar-refractivity contribution in [3.05, 3.63) is 0 Å². The number of carbonyl (C=O) groups excluding carboxylic acids is 1. The summed E-state index contributed by atoms with van der Waals surface area (Å²) in [5.41, 5.74) is -0.672. The SMILES string of the molecule is CCCC(C)OCCC(C)(NC(C)C)C(=O)OC. The monoisotopic (exact) mass is 259 g/mol. The minimum atomic E-state index is -0.672. The number of rotatable bonds is 9. The molecule has 1 N–H and O–H groups in total. The van der Waals surface area contributed by atoms with Crippen molar-refractivity contribution in [1.29, 1.82) is 0 Å². The predicted molar refractivity (Wildman–Crippen MR) is 73.6 cm³/mol. The average molecular weight is 259 g/mol. The van der Waals surface area contributed by atoms with E-state index in [0.29, 0.717) is 13.0 Å². The van der Waals surface area contributed by atoms with Crippen LogP contribution in [0.1, 0.15) is 53.9 Å². The summed E-state index contributed by atoms with van der Waals surface area (Å²) in [5, 5.41) is 3.26. The zero-order chi connectivity index (χ0) is 14.2. The topological polar surface area (TPSA) is 47.6 Å². The van der Waals surface area contributed by atoms with Crippen LogP contribution in [0.4, 0.5) is 0 Å². The molecule has 0 aliphatic heterocycles. The highest BCUT2D eigenvalue weighted by molar-refractivity contribution is 5.80. The van der Waals surface area contributed by atoms with Crippen LogP contribution < -0.4 is 5.32 Å². The largest absolute Gasteiger partial charge is 0.468 e. The van der Waals surface area contributed by atoms with Gasteiger partial charge in [-0.3, -0.25) is 10.1 Å². The van der Waals surface area contributed by atoms with E-state index in [-0.39, 0.29) is 18.1 Å². The van der Waals surface area contributed by atoms with Crippen LogP contribution in [-0.2, 0) is 14.3 Å². The van der Waals surface area contributed by atoms with Crippen LogP contribution in [0, 0.1) is 0 Å². The Hall–Kier alpha value is -0.610. The maximum absolute atomic E-state index is 11.8. The number of esters is 1. The van der Waals surface area contributed by atoms with Crippen molar-refractivity contribution in [2.45, 2.75) is 71.6 Å². The van der Waals surface area contributed by atoms with Gasteiger partial charge in [0.2, 0.25) is 0 Å². The van der Waals surface area contributed by atoms with Crippen molar-refractivity contribution in [2.75, 3.05) is 13.7 Å². The molecule has 108 valence electrons. The lowest BCUT2D eigenvalue weighted by Gasteiger charge is -2.30. The molecule has 0 saturated carbocycles. The molecule has 2 unspecified atom stereocenters. The summed E-state index contributed by atoms with van der Waals surface area (Å²) >= 11 is 0. The average Bonchev–Trinajstić information content (AvgIpc) is 2.27. The van der Waals surface area contributed by atoms with Crippen molar-refractivity contribution in [1.82, 2.24) is 5.32 Å². The number of methoxy groups -OCH3 is 1. The van der Waals surface area contributed by atoms with Crippen LogP contribution in [0.5, 0.6) is 0 Å². The van der Waals surface area contributed by atoms with Crippen LogP contribution in [0.25, 0.3) is 0 Å². The second-order valence-corrected chi connectivity index (χ2v) is 5.34. The van der Waals surface area contributed by atoms with Gasteiger partial charge in [0.25, 0.3) is 0 Å². The van der Waals surface area contributed by atoms with E-state index in [1.165, 1.54) is 7.11 Å². The van der Waals surface area contributed by atoms with Gasteiger partial charge in [-0.05, 0) is 40.5 Å². The maximum Gasteiger partial charge on any atom is 0.325 e. The molecule has 0 aromatic heterocycles. The van der Waals surface area contributed by atoms with Crippen LogP contribution in [0.2, 0.25) is 0 Å². The van der Waals surface area contributed by atoms with Crippen LogP contribution in [-0.4, -0.2) is 37.4 Å².